The fourth-order valence-corrected chi connectivity index (χ4v) is 2.33. The Hall–Kier alpha value is -2.38. The lowest BCUT2D eigenvalue weighted by Gasteiger charge is -2.15. The molecule has 0 aliphatic carbocycles. The van der Waals surface area contributed by atoms with E-state index in [1.165, 1.54) is 7.05 Å². The highest BCUT2D eigenvalue weighted by Gasteiger charge is 2.16. The zero-order chi connectivity index (χ0) is 17.7. The van der Waals surface area contributed by atoms with Gasteiger partial charge in [0.2, 0.25) is 15.9 Å². The Morgan fingerprint density at radius 3 is 2.54 bits per heavy atom. The van der Waals surface area contributed by atoms with E-state index in [1.54, 1.807) is 24.3 Å². The minimum atomic E-state index is -3.41. The number of nitrogens with one attached hydrogen (secondary N) is 1. The third kappa shape index (κ3) is 5.07. The lowest BCUT2D eigenvalue weighted by atomic mass is 10.2. The van der Waals surface area contributed by atoms with Crippen LogP contribution in [0.2, 0.25) is 0 Å². The Balaban J connectivity index is 2.13. The maximum absolute atomic E-state index is 12.1. The summed E-state index contributed by atoms with van der Waals surface area (Å²) in [7, 11) is -2.06. The van der Waals surface area contributed by atoms with Crippen LogP contribution < -0.4 is 10.1 Å². The monoisotopic (exact) mass is 348 g/mol. The number of anilines is 1. The first-order valence-corrected chi connectivity index (χ1v) is 9.15. The maximum Gasteiger partial charge on any atom is 0.239 e. The largest absolute Gasteiger partial charge is 0.455 e. The normalized spacial score (nSPS) is 11.3. The average molecular weight is 348 g/mol. The molecule has 0 bridgehead atoms. The molecule has 0 fully saturated rings. The van der Waals surface area contributed by atoms with Crippen molar-refractivity contribution in [2.45, 2.75) is 6.92 Å². The van der Waals surface area contributed by atoms with Crippen molar-refractivity contribution in [1.82, 2.24) is 4.31 Å². The number of hydrogen-bond acceptors (Lipinski definition) is 4. The Morgan fingerprint density at radius 2 is 1.88 bits per heavy atom. The molecule has 0 radical (unpaired) electrons. The molecule has 0 unspecified atom stereocenters. The van der Waals surface area contributed by atoms with E-state index in [4.69, 9.17) is 4.74 Å². The van der Waals surface area contributed by atoms with E-state index in [1.807, 2.05) is 31.2 Å². The molecular weight excluding hydrogens is 328 g/mol. The number of aryl methyl sites for hydroxylation is 1. The molecule has 0 spiro atoms. The van der Waals surface area contributed by atoms with Gasteiger partial charge >= 0.3 is 0 Å². The molecule has 7 heteroatoms. The second-order valence-electron chi connectivity index (χ2n) is 5.48. The summed E-state index contributed by atoms with van der Waals surface area (Å²) in [4.78, 5) is 12.1. The molecule has 0 saturated carbocycles. The minimum absolute atomic E-state index is 0.266. The fraction of sp³-hybridized carbons (Fsp3) is 0.235. The Morgan fingerprint density at radius 1 is 1.17 bits per heavy atom. The molecule has 0 aliphatic heterocycles. The van der Waals surface area contributed by atoms with Gasteiger partial charge in [-0.25, -0.2) is 8.42 Å². The highest BCUT2D eigenvalue weighted by molar-refractivity contribution is 7.88. The number of hydrogen-bond donors (Lipinski definition) is 1. The molecule has 0 saturated heterocycles. The smallest absolute Gasteiger partial charge is 0.239 e. The topological polar surface area (TPSA) is 75.7 Å². The van der Waals surface area contributed by atoms with Crippen molar-refractivity contribution in [3.63, 3.8) is 0 Å². The second kappa shape index (κ2) is 7.46. The first kappa shape index (κ1) is 18.0. The van der Waals surface area contributed by atoms with Crippen LogP contribution in [0.15, 0.2) is 48.5 Å². The number of sulfonamides is 1. The third-order valence-electron chi connectivity index (χ3n) is 3.31. The summed E-state index contributed by atoms with van der Waals surface area (Å²) in [6.07, 6.45) is 1.05. The van der Waals surface area contributed by atoms with Gasteiger partial charge in [0.25, 0.3) is 0 Å². The van der Waals surface area contributed by atoms with Gasteiger partial charge in [0.1, 0.15) is 5.75 Å². The van der Waals surface area contributed by atoms with Gasteiger partial charge in [-0.2, -0.15) is 4.31 Å². The number of benzene rings is 2. The molecule has 24 heavy (non-hydrogen) atoms. The van der Waals surface area contributed by atoms with Gasteiger partial charge in [-0.3, -0.25) is 4.79 Å². The molecule has 128 valence electrons. The van der Waals surface area contributed by atoms with Crippen molar-refractivity contribution in [3.8, 4) is 11.5 Å². The molecule has 2 aromatic rings. The number of likely N-dealkylation sites (N-methyl/N-ethyl adjacent to an activating group) is 1. The predicted octanol–water partition coefficient (Wildman–Crippen LogP) is 2.62. The number of rotatable bonds is 6. The molecule has 2 aromatic carbocycles. The molecule has 2 rings (SSSR count). The van der Waals surface area contributed by atoms with Crippen LogP contribution in [-0.2, 0) is 14.8 Å². The van der Waals surface area contributed by atoms with Gasteiger partial charge < -0.3 is 10.1 Å². The molecule has 0 aliphatic rings. The molecule has 0 atom stereocenters. The van der Waals surface area contributed by atoms with Crippen LogP contribution in [0, 0.1) is 6.92 Å². The number of nitrogens with zero attached hydrogens (tertiary/aromatic N) is 1. The van der Waals surface area contributed by atoms with Gasteiger partial charge in [0.15, 0.2) is 5.75 Å². The molecule has 1 amide bonds. The van der Waals surface area contributed by atoms with Crippen molar-refractivity contribution < 1.29 is 17.9 Å². The zero-order valence-electron chi connectivity index (χ0n) is 13.8. The van der Waals surface area contributed by atoms with Gasteiger partial charge in [0.05, 0.1) is 18.5 Å². The zero-order valence-corrected chi connectivity index (χ0v) is 14.6. The van der Waals surface area contributed by atoms with E-state index in [0.29, 0.717) is 17.2 Å². The van der Waals surface area contributed by atoms with Crippen molar-refractivity contribution in [1.29, 1.82) is 0 Å². The highest BCUT2D eigenvalue weighted by atomic mass is 32.2. The van der Waals surface area contributed by atoms with E-state index in [2.05, 4.69) is 5.32 Å². The standard InChI is InChI=1S/C17H20N2O4S/c1-13-7-6-8-14(11-13)23-16-10-5-4-9-15(16)18-17(20)12-19(2)24(3,21)22/h4-11H,12H2,1-3H3,(H,18,20). The molecule has 0 aromatic heterocycles. The van der Waals surface area contributed by atoms with E-state index in [-0.39, 0.29) is 6.54 Å². The molecule has 6 nitrogen and oxygen atoms in total. The van der Waals surface area contributed by atoms with E-state index in [9.17, 15) is 13.2 Å². The van der Waals surface area contributed by atoms with Crippen molar-refractivity contribution in [3.05, 3.63) is 54.1 Å². The number of para-hydroxylation sites is 2. The highest BCUT2D eigenvalue weighted by Crippen LogP contribution is 2.29. The van der Waals surface area contributed by atoms with Gasteiger partial charge in [0, 0.05) is 7.05 Å². The summed E-state index contributed by atoms with van der Waals surface area (Å²) < 4.78 is 29.6. The van der Waals surface area contributed by atoms with Crippen LogP contribution in [0.5, 0.6) is 11.5 Å². The lowest BCUT2D eigenvalue weighted by molar-refractivity contribution is -0.116. The molecular formula is C17H20N2O4S. The Bertz CT molecular complexity index is 834. The quantitative estimate of drug-likeness (QED) is 0.871. The van der Waals surface area contributed by atoms with Crippen LogP contribution >= 0.6 is 0 Å². The van der Waals surface area contributed by atoms with E-state index in [0.717, 1.165) is 16.1 Å². The minimum Gasteiger partial charge on any atom is -0.455 e. The number of ether oxygens (including phenoxy) is 1. The lowest BCUT2D eigenvalue weighted by Crippen LogP contribution is -2.34. The summed E-state index contributed by atoms with van der Waals surface area (Å²) >= 11 is 0. The summed E-state index contributed by atoms with van der Waals surface area (Å²) in [5.74, 6) is 0.701. The summed E-state index contributed by atoms with van der Waals surface area (Å²) in [6, 6.07) is 14.5. The fourth-order valence-electron chi connectivity index (χ4n) is 1.97. The Labute approximate surface area is 142 Å². The van der Waals surface area contributed by atoms with Gasteiger partial charge in [-0.05, 0) is 36.8 Å². The van der Waals surface area contributed by atoms with Gasteiger partial charge in [-0.1, -0.05) is 24.3 Å². The van der Waals surface area contributed by atoms with Crippen LogP contribution in [0.3, 0.4) is 0 Å². The van der Waals surface area contributed by atoms with E-state index < -0.39 is 15.9 Å². The number of amides is 1. The third-order valence-corrected chi connectivity index (χ3v) is 4.57. The van der Waals surface area contributed by atoms with Crippen molar-refractivity contribution >= 4 is 21.6 Å². The summed E-state index contributed by atoms with van der Waals surface area (Å²) in [5, 5.41) is 2.68. The first-order valence-electron chi connectivity index (χ1n) is 7.30. The average Bonchev–Trinajstić information content (AvgIpc) is 2.48. The summed E-state index contributed by atoms with van der Waals surface area (Å²) in [5.41, 5.74) is 1.54. The number of carbonyl (C=O) groups excluding carboxylic acids is 1. The van der Waals surface area contributed by atoms with Gasteiger partial charge in [-0.15, -0.1) is 0 Å². The van der Waals surface area contributed by atoms with Crippen molar-refractivity contribution in [2.75, 3.05) is 25.2 Å². The molecule has 1 N–H and O–H groups in total. The second-order valence-corrected chi connectivity index (χ2v) is 7.57. The number of carbonyl (C=O) groups is 1. The maximum atomic E-state index is 12.1. The van der Waals surface area contributed by atoms with Crippen LogP contribution in [0.1, 0.15) is 5.56 Å². The Kier molecular flexibility index (Phi) is 5.58. The van der Waals surface area contributed by atoms with Crippen molar-refractivity contribution in [2.24, 2.45) is 0 Å². The van der Waals surface area contributed by atoms with Crippen LogP contribution in [0.25, 0.3) is 0 Å². The molecule has 0 heterocycles. The first-order chi connectivity index (χ1) is 11.3. The van der Waals surface area contributed by atoms with Crippen LogP contribution in [0.4, 0.5) is 5.69 Å². The predicted molar refractivity (Wildman–Crippen MR) is 93.8 cm³/mol. The van der Waals surface area contributed by atoms with Crippen LogP contribution in [-0.4, -0.2) is 38.5 Å². The summed E-state index contributed by atoms with van der Waals surface area (Å²) in [6.45, 7) is 1.69. The SMILES string of the molecule is Cc1cccc(Oc2ccccc2NC(=O)CN(C)S(C)(=O)=O)c1. The van der Waals surface area contributed by atoms with E-state index >= 15 is 0 Å².